The molecule has 322 valence electrons. The summed E-state index contributed by atoms with van der Waals surface area (Å²) in [5.74, 6) is -0.628. The van der Waals surface area contributed by atoms with Gasteiger partial charge >= 0.3 is 5.97 Å². The van der Waals surface area contributed by atoms with Gasteiger partial charge in [0.25, 0.3) is 8.32 Å². The first-order valence-corrected chi connectivity index (χ1v) is 25.2. The lowest BCUT2D eigenvalue weighted by molar-refractivity contribution is -0.144. The zero-order valence-corrected chi connectivity index (χ0v) is 38.0. The molecule has 0 bridgehead atoms. The Morgan fingerprint density at radius 2 is 0.621 bits per heavy atom. The van der Waals surface area contributed by atoms with Crippen molar-refractivity contribution in [1.29, 1.82) is 0 Å². The Hall–Kier alpha value is -7.63. The number of hydrogen-bond donors (Lipinski definition) is 1. The molecule has 1 unspecified atom stereocenters. The fraction of sp³-hybridized carbons (Fsp3) is 0.0806. The molecule has 0 saturated heterocycles. The van der Waals surface area contributed by atoms with Crippen LogP contribution in [-0.4, -0.2) is 25.5 Å². The van der Waals surface area contributed by atoms with Crippen molar-refractivity contribution >= 4 is 14.3 Å². The van der Waals surface area contributed by atoms with Gasteiger partial charge in [-0.2, -0.15) is 0 Å². The van der Waals surface area contributed by atoms with Crippen LogP contribution in [-0.2, 0) is 27.4 Å². The summed E-state index contributed by atoms with van der Waals surface area (Å²) >= 11 is 0. The third-order valence-corrected chi connectivity index (χ3v) is 16.1. The maximum Gasteiger partial charge on any atom is 0.322 e. The second-order valence-corrected chi connectivity index (χ2v) is 20.5. The molecule has 3 nitrogen and oxygen atoms in total. The van der Waals surface area contributed by atoms with Gasteiger partial charge in [-0.05, 0) is 83.5 Å². The summed E-state index contributed by atoms with van der Waals surface area (Å²) in [4.78, 5) is 15.0. The summed E-state index contributed by atoms with van der Waals surface area (Å²) in [6, 6.07) is 84.1. The molecule has 0 aliphatic carbocycles. The zero-order chi connectivity index (χ0) is 45.1. The lowest BCUT2D eigenvalue weighted by Crippen LogP contribution is -2.51. The van der Waals surface area contributed by atoms with E-state index in [4.69, 9.17) is 4.43 Å². The number of rotatable bonds is 16. The van der Waals surface area contributed by atoms with Crippen LogP contribution < -0.4 is 0 Å². The highest BCUT2D eigenvalue weighted by Gasteiger charge is 2.44. The van der Waals surface area contributed by atoms with Crippen LogP contribution in [0, 0.1) is 0 Å². The average molecular weight is 873 g/mol. The van der Waals surface area contributed by atoms with Crippen molar-refractivity contribution in [1.82, 2.24) is 0 Å². The molecule has 1 N–H and O–H groups in total. The predicted molar refractivity (Wildman–Crippen MR) is 276 cm³/mol. The van der Waals surface area contributed by atoms with Gasteiger partial charge < -0.3 is 9.53 Å². The molecule has 0 aliphatic rings. The maximum atomic E-state index is 15.0. The number of carbonyl (C=O) groups excluding carboxylic acids is 1. The molecule has 9 rings (SSSR count). The van der Waals surface area contributed by atoms with E-state index < -0.39 is 20.4 Å². The lowest BCUT2D eigenvalue weighted by Gasteiger charge is -2.36. The van der Waals surface area contributed by atoms with E-state index in [9.17, 15) is 9.90 Å². The van der Waals surface area contributed by atoms with Crippen LogP contribution in [0.15, 0.2) is 249 Å². The topological polar surface area (TPSA) is 46.5 Å². The first-order chi connectivity index (χ1) is 32.5. The van der Waals surface area contributed by atoms with Crippen LogP contribution in [0.3, 0.4) is 0 Å². The minimum absolute atomic E-state index is 0.0743. The van der Waals surface area contributed by atoms with E-state index in [0.717, 1.165) is 83.5 Å². The molecule has 0 spiro atoms. The zero-order valence-electron chi connectivity index (χ0n) is 37.0. The van der Waals surface area contributed by atoms with Crippen LogP contribution in [0.5, 0.6) is 0 Å². The third kappa shape index (κ3) is 9.71. The molecule has 0 aromatic heterocycles. The largest absolute Gasteiger partial charge is 0.516 e. The molecular weight excluding hydrogens is 821 g/mol. The van der Waals surface area contributed by atoms with Crippen molar-refractivity contribution < 1.29 is 14.3 Å². The molecule has 4 heteroatoms. The van der Waals surface area contributed by atoms with E-state index in [1.54, 1.807) is 6.08 Å². The number of carbonyl (C=O) groups is 1. The number of aliphatic hydroxyl groups excluding tert-OH is 1. The van der Waals surface area contributed by atoms with E-state index in [2.05, 4.69) is 207 Å². The molecular formula is C62H52O3Si. The summed E-state index contributed by atoms with van der Waals surface area (Å²) in [7, 11) is -3.70. The highest BCUT2D eigenvalue weighted by Crippen LogP contribution is 2.43. The fourth-order valence-electron chi connectivity index (χ4n) is 9.46. The van der Waals surface area contributed by atoms with Crippen LogP contribution in [0.2, 0.25) is 0 Å². The highest BCUT2D eigenvalue weighted by molar-refractivity contribution is 6.74. The smallest absolute Gasteiger partial charge is 0.322 e. The lowest BCUT2D eigenvalue weighted by atomic mass is 9.92. The van der Waals surface area contributed by atoms with Crippen molar-refractivity contribution in [2.45, 2.75) is 30.7 Å². The van der Waals surface area contributed by atoms with E-state index in [0.29, 0.717) is 18.1 Å². The van der Waals surface area contributed by atoms with Gasteiger partial charge in [-0.25, -0.2) is 0 Å². The molecule has 9 aromatic rings. The minimum Gasteiger partial charge on any atom is -0.516 e. The molecule has 0 fully saturated rings. The third-order valence-electron chi connectivity index (χ3n) is 12.5. The highest BCUT2D eigenvalue weighted by atomic mass is 28.4. The van der Waals surface area contributed by atoms with Crippen molar-refractivity contribution in [2.75, 3.05) is 0 Å². The number of aliphatic hydroxyl groups is 1. The monoisotopic (exact) mass is 872 g/mol. The van der Waals surface area contributed by atoms with E-state index in [-0.39, 0.29) is 6.42 Å². The number of benzene rings is 9. The van der Waals surface area contributed by atoms with Gasteiger partial charge in [-0.15, -0.1) is 6.58 Å². The van der Waals surface area contributed by atoms with Crippen molar-refractivity contribution in [3.05, 3.63) is 266 Å². The first kappa shape index (κ1) is 43.6. The van der Waals surface area contributed by atoms with E-state index in [1.165, 1.54) is 0 Å². The van der Waals surface area contributed by atoms with Crippen LogP contribution in [0.4, 0.5) is 0 Å². The molecule has 1 atom stereocenters. The second-order valence-electron chi connectivity index (χ2n) is 16.9. The van der Waals surface area contributed by atoms with Crippen molar-refractivity contribution in [2.24, 2.45) is 0 Å². The Kier molecular flexibility index (Phi) is 13.5. The summed E-state index contributed by atoms with van der Waals surface area (Å²) in [5.41, 5.74) is 16.3. The Balaban J connectivity index is 1.39. The van der Waals surface area contributed by atoms with Gasteiger partial charge in [-0.1, -0.05) is 243 Å². The van der Waals surface area contributed by atoms with Crippen molar-refractivity contribution in [3.8, 4) is 66.8 Å². The summed E-state index contributed by atoms with van der Waals surface area (Å²) in [6.45, 7) is 3.90. The van der Waals surface area contributed by atoms with Gasteiger partial charge in [0.2, 0.25) is 0 Å². The second kappa shape index (κ2) is 20.5. The fourth-order valence-corrected chi connectivity index (χ4v) is 13.7. The molecule has 0 radical (unpaired) electrons. The van der Waals surface area contributed by atoms with Gasteiger partial charge in [-0.3, -0.25) is 4.79 Å². The molecule has 0 aliphatic heterocycles. The SMILES string of the molecule is C=CCC(O)C(=O)O[Si](Cc1c(-c2ccccc2)cccc1-c1ccccc1)(Cc1c(-c2ccccc2)cccc1-c1ccccc1)Cc1c(-c2ccccc2)cccc1-c1ccccc1. The van der Waals surface area contributed by atoms with E-state index >= 15 is 0 Å². The van der Waals surface area contributed by atoms with Crippen LogP contribution in [0.1, 0.15) is 23.1 Å². The molecule has 66 heavy (non-hydrogen) atoms. The van der Waals surface area contributed by atoms with Gasteiger partial charge in [0.05, 0.1) is 0 Å². The Morgan fingerprint density at radius 1 is 0.394 bits per heavy atom. The van der Waals surface area contributed by atoms with E-state index in [1.807, 2.05) is 36.4 Å². The molecule has 0 saturated carbocycles. The van der Waals surface area contributed by atoms with Gasteiger partial charge in [0.1, 0.15) is 0 Å². The average Bonchev–Trinajstić information content (AvgIpc) is 3.38. The standard InChI is InChI=1S/C62H52O3Si/c1-2-24-61(63)62(64)65-66(43-58-52(46-25-9-3-10-26-46)37-21-38-53(58)47-27-11-4-12-28-47,44-59-54(48-29-13-5-14-30-48)39-22-40-55(59)49-31-15-6-16-32-49)45-60-56(50-33-17-7-18-34-50)41-23-42-57(60)51-35-19-8-20-36-51/h2-23,25-42,61,63H,1,24,43-45H2. The minimum atomic E-state index is -3.70. The quantitative estimate of drug-likeness (QED) is 0.0777. The van der Waals surface area contributed by atoms with Crippen LogP contribution >= 0.6 is 0 Å². The molecule has 9 aromatic carbocycles. The number of hydrogen-bond acceptors (Lipinski definition) is 3. The maximum absolute atomic E-state index is 15.0. The first-order valence-electron chi connectivity index (χ1n) is 22.7. The van der Waals surface area contributed by atoms with Crippen LogP contribution in [0.25, 0.3) is 66.8 Å². The van der Waals surface area contributed by atoms with Crippen molar-refractivity contribution in [3.63, 3.8) is 0 Å². The molecule has 0 heterocycles. The Bertz CT molecular complexity index is 2550. The Morgan fingerprint density at radius 3 is 0.833 bits per heavy atom. The predicted octanol–water partition coefficient (Wildman–Crippen LogP) is 14.8. The van der Waals surface area contributed by atoms with Gasteiger partial charge in [0, 0.05) is 24.6 Å². The summed E-state index contributed by atoms with van der Waals surface area (Å²) < 4.78 is 7.41. The Labute approximate surface area is 390 Å². The normalized spacial score (nSPS) is 11.7. The molecule has 0 amide bonds. The van der Waals surface area contributed by atoms with Gasteiger partial charge in [0.15, 0.2) is 6.10 Å². The summed E-state index contributed by atoms with van der Waals surface area (Å²) in [6.07, 6.45) is 0.276. The summed E-state index contributed by atoms with van der Waals surface area (Å²) in [5, 5.41) is 11.7.